The molecule has 0 aliphatic carbocycles. The van der Waals surface area contributed by atoms with Gasteiger partial charge in [-0.2, -0.15) is 11.8 Å². The number of rotatable bonds is 11. The van der Waals surface area contributed by atoms with E-state index in [1.54, 1.807) is 0 Å². The number of benzene rings is 1. The largest absolute Gasteiger partial charge is 0.494 e. The van der Waals surface area contributed by atoms with Crippen molar-refractivity contribution in [1.29, 1.82) is 0 Å². The lowest BCUT2D eigenvalue weighted by molar-refractivity contribution is 0.0531. The average molecular weight is 408 g/mol. The maximum Gasteiger partial charge on any atom is 0.191 e. The van der Waals surface area contributed by atoms with Gasteiger partial charge in [-0.3, -0.25) is 4.99 Å². The molecule has 1 heterocycles. The molecule has 0 radical (unpaired) electrons. The Morgan fingerprint density at radius 2 is 1.89 bits per heavy atom. The molecule has 0 amide bonds. The van der Waals surface area contributed by atoms with E-state index in [1.165, 1.54) is 24.2 Å². The zero-order valence-corrected chi connectivity index (χ0v) is 18.6. The molecule has 0 spiro atoms. The molecule has 1 aliphatic heterocycles. The number of unbranched alkanes of at least 4 members (excludes halogenated alkanes) is 1. The van der Waals surface area contributed by atoms with Crippen molar-refractivity contribution in [3.05, 3.63) is 29.8 Å². The summed E-state index contributed by atoms with van der Waals surface area (Å²) < 4.78 is 11.3. The minimum Gasteiger partial charge on any atom is -0.494 e. The fraction of sp³-hybridized carbons (Fsp3) is 0.682. The maximum absolute atomic E-state index is 5.66. The number of nitrogens with one attached hydrogen (secondary N) is 2. The molecule has 2 N–H and O–H groups in total. The summed E-state index contributed by atoms with van der Waals surface area (Å²) in [5, 5.41) is 6.88. The van der Waals surface area contributed by atoms with Crippen LogP contribution in [0.1, 0.15) is 45.1 Å². The number of ether oxygens (including phenoxy) is 2. The lowest BCUT2D eigenvalue weighted by atomic mass is 9.74. The number of guanidine groups is 1. The van der Waals surface area contributed by atoms with Crippen LogP contribution < -0.4 is 15.4 Å². The van der Waals surface area contributed by atoms with E-state index in [9.17, 15) is 0 Å². The second-order valence-corrected chi connectivity index (χ2v) is 8.16. The monoisotopic (exact) mass is 407 g/mol. The Kier molecular flexibility index (Phi) is 10.6. The van der Waals surface area contributed by atoms with Gasteiger partial charge in [0, 0.05) is 31.7 Å². The summed E-state index contributed by atoms with van der Waals surface area (Å²) in [4.78, 5) is 4.96. The molecule has 5 nitrogen and oxygen atoms in total. The Bertz CT molecular complexity index is 572. The van der Waals surface area contributed by atoms with Gasteiger partial charge in [0.15, 0.2) is 5.96 Å². The van der Waals surface area contributed by atoms with Crippen LogP contribution in [-0.4, -0.2) is 57.4 Å². The number of hydrogen-bond acceptors (Lipinski definition) is 4. The number of hydrogen-bond donors (Lipinski definition) is 2. The standard InChI is InChI=1S/C22H37N3O2S/c1-4-23-21(24-14-6-7-17-28-3)25-18-22(12-15-26-16-13-22)19-8-10-20(11-9-19)27-5-2/h8-11H,4-7,12-18H2,1-3H3,(H2,23,24,25). The second-order valence-electron chi connectivity index (χ2n) is 7.17. The van der Waals surface area contributed by atoms with Gasteiger partial charge in [-0.05, 0) is 69.2 Å². The molecule has 0 atom stereocenters. The quantitative estimate of drug-likeness (QED) is 0.332. The van der Waals surface area contributed by atoms with E-state index in [0.717, 1.165) is 57.4 Å². The summed E-state index contributed by atoms with van der Waals surface area (Å²) >= 11 is 1.91. The minimum absolute atomic E-state index is 0.0319. The number of aliphatic imine (C=N–C) groups is 1. The Balaban J connectivity index is 2.06. The van der Waals surface area contributed by atoms with Crippen molar-refractivity contribution in [2.75, 3.05) is 51.5 Å². The van der Waals surface area contributed by atoms with E-state index in [2.05, 4.69) is 48.1 Å². The summed E-state index contributed by atoms with van der Waals surface area (Å²) in [6, 6.07) is 8.56. The van der Waals surface area contributed by atoms with Gasteiger partial charge in [0.05, 0.1) is 13.2 Å². The van der Waals surface area contributed by atoms with E-state index < -0.39 is 0 Å². The Morgan fingerprint density at radius 3 is 2.54 bits per heavy atom. The molecule has 1 aromatic carbocycles. The number of thioether (sulfide) groups is 1. The van der Waals surface area contributed by atoms with Gasteiger partial charge >= 0.3 is 0 Å². The predicted molar refractivity (Wildman–Crippen MR) is 121 cm³/mol. The highest BCUT2D eigenvalue weighted by Crippen LogP contribution is 2.36. The van der Waals surface area contributed by atoms with Crippen LogP contribution in [0.4, 0.5) is 0 Å². The first-order valence-corrected chi connectivity index (χ1v) is 12.0. The summed E-state index contributed by atoms with van der Waals surface area (Å²) in [7, 11) is 0. The zero-order chi connectivity index (χ0) is 20.1. The van der Waals surface area contributed by atoms with Gasteiger partial charge in [-0.1, -0.05) is 12.1 Å². The van der Waals surface area contributed by atoms with E-state index in [-0.39, 0.29) is 5.41 Å². The van der Waals surface area contributed by atoms with Crippen molar-refractivity contribution in [2.45, 2.75) is 44.9 Å². The lowest BCUT2D eigenvalue weighted by Crippen LogP contribution is -2.41. The molecule has 1 aliphatic rings. The van der Waals surface area contributed by atoms with Crippen molar-refractivity contribution in [2.24, 2.45) is 4.99 Å². The van der Waals surface area contributed by atoms with Crippen LogP contribution in [-0.2, 0) is 10.2 Å². The van der Waals surface area contributed by atoms with Crippen molar-refractivity contribution in [3.63, 3.8) is 0 Å². The van der Waals surface area contributed by atoms with Crippen molar-refractivity contribution < 1.29 is 9.47 Å². The molecule has 0 bridgehead atoms. The summed E-state index contributed by atoms with van der Waals surface area (Å²) in [5.41, 5.74) is 1.36. The third kappa shape index (κ3) is 7.21. The van der Waals surface area contributed by atoms with Gasteiger partial charge in [0.2, 0.25) is 0 Å². The molecule has 0 aromatic heterocycles. The highest BCUT2D eigenvalue weighted by molar-refractivity contribution is 7.98. The van der Waals surface area contributed by atoms with Crippen LogP contribution in [0, 0.1) is 0 Å². The fourth-order valence-corrected chi connectivity index (χ4v) is 4.01. The third-order valence-electron chi connectivity index (χ3n) is 5.18. The first-order valence-electron chi connectivity index (χ1n) is 10.6. The SMILES string of the molecule is CCNC(=NCC1(c2ccc(OCC)cc2)CCOCC1)NCCCCSC. The molecule has 1 aromatic rings. The van der Waals surface area contributed by atoms with Crippen LogP contribution in [0.25, 0.3) is 0 Å². The topological polar surface area (TPSA) is 54.9 Å². The molecule has 158 valence electrons. The van der Waals surface area contributed by atoms with Crippen molar-refractivity contribution in [3.8, 4) is 5.75 Å². The van der Waals surface area contributed by atoms with E-state index in [0.29, 0.717) is 6.61 Å². The van der Waals surface area contributed by atoms with E-state index in [1.807, 2.05) is 18.7 Å². The third-order valence-corrected chi connectivity index (χ3v) is 5.88. The van der Waals surface area contributed by atoms with Crippen LogP contribution in [0.15, 0.2) is 29.3 Å². The van der Waals surface area contributed by atoms with E-state index >= 15 is 0 Å². The maximum atomic E-state index is 5.66. The average Bonchev–Trinajstić information content (AvgIpc) is 2.73. The second kappa shape index (κ2) is 12.9. The highest BCUT2D eigenvalue weighted by Gasteiger charge is 2.34. The molecular formula is C22H37N3O2S. The fourth-order valence-electron chi connectivity index (χ4n) is 3.52. The van der Waals surface area contributed by atoms with Crippen molar-refractivity contribution >= 4 is 17.7 Å². The van der Waals surface area contributed by atoms with Gasteiger partial charge in [-0.25, -0.2) is 0 Å². The minimum atomic E-state index is 0.0319. The molecule has 0 unspecified atom stereocenters. The van der Waals surface area contributed by atoms with Crippen LogP contribution in [0.2, 0.25) is 0 Å². The van der Waals surface area contributed by atoms with Gasteiger partial charge in [0.25, 0.3) is 0 Å². The molecule has 1 fully saturated rings. The lowest BCUT2D eigenvalue weighted by Gasteiger charge is -2.36. The van der Waals surface area contributed by atoms with Gasteiger partial charge in [0.1, 0.15) is 5.75 Å². The molecular weight excluding hydrogens is 370 g/mol. The van der Waals surface area contributed by atoms with Crippen molar-refractivity contribution in [1.82, 2.24) is 10.6 Å². The summed E-state index contributed by atoms with van der Waals surface area (Å²) in [6.45, 7) is 9.01. The van der Waals surface area contributed by atoms with Crippen LogP contribution in [0.3, 0.4) is 0 Å². The zero-order valence-electron chi connectivity index (χ0n) is 17.8. The normalized spacial score (nSPS) is 16.6. The Labute approximate surface area is 175 Å². The molecule has 1 saturated heterocycles. The first-order chi connectivity index (χ1) is 13.7. The molecule has 0 saturated carbocycles. The smallest absolute Gasteiger partial charge is 0.191 e. The predicted octanol–water partition coefficient (Wildman–Crippen LogP) is 3.83. The Morgan fingerprint density at radius 1 is 1.14 bits per heavy atom. The summed E-state index contributed by atoms with van der Waals surface area (Å²) in [6.07, 6.45) is 6.56. The molecule has 2 rings (SSSR count). The highest BCUT2D eigenvalue weighted by atomic mass is 32.2. The van der Waals surface area contributed by atoms with Gasteiger partial charge < -0.3 is 20.1 Å². The van der Waals surface area contributed by atoms with Crippen LogP contribution >= 0.6 is 11.8 Å². The van der Waals surface area contributed by atoms with Gasteiger partial charge in [-0.15, -0.1) is 0 Å². The summed E-state index contributed by atoms with van der Waals surface area (Å²) in [5.74, 6) is 3.07. The van der Waals surface area contributed by atoms with E-state index in [4.69, 9.17) is 14.5 Å². The molecule has 6 heteroatoms. The molecule has 28 heavy (non-hydrogen) atoms. The number of nitrogens with zero attached hydrogens (tertiary/aromatic N) is 1. The van der Waals surface area contributed by atoms with Crippen LogP contribution in [0.5, 0.6) is 5.75 Å². The first kappa shape index (κ1) is 22.9. The Hall–Kier alpha value is -1.40.